The first-order valence-corrected chi connectivity index (χ1v) is 7.01. The van der Waals surface area contributed by atoms with Crippen LogP contribution in [0.3, 0.4) is 0 Å². The third kappa shape index (κ3) is 3.15. The van der Waals surface area contributed by atoms with Gasteiger partial charge >= 0.3 is 0 Å². The van der Waals surface area contributed by atoms with E-state index in [1.54, 1.807) is 0 Å². The molecule has 5 heteroatoms. The standard InChI is InChI=1S/C17H20N4O/c1-4-12(15(22)5-2)17-20-14-10-11(3)6-7-13(14)16(21-17)19-9-8-18/h4-7,10,22H,1-2,8-9,18H2,3H3,(H,19,20,21)/b15-12-. The number of fused-ring (bicyclic) bond motifs is 1. The van der Waals surface area contributed by atoms with Crippen molar-refractivity contribution in [2.45, 2.75) is 6.92 Å². The molecule has 0 aliphatic rings. The molecule has 0 atom stereocenters. The van der Waals surface area contributed by atoms with Crippen LogP contribution < -0.4 is 11.1 Å². The van der Waals surface area contributed by atoms with Gasteiger partial charge in [-0.2, -0.15) is 0 Å². The SMILES string of the molecule is C=C/C(O)=C(\C=C)c1nc(NCCN)c2ccc(C)cc2n1. The molecule has 1 aromatic heterocycles. The smallest absolute Gasteiger partial charge is 0.165 e. The zero-order valence-corrected chi connectivity index (χ0v) is 12.6. The number of rotatable bonds is 6. The molecule has 4 N–H and O–H groups in total. The molecule has 2 aromatic rings. The van der Waals surface area contributed by atoms with Crippen LogP contribution in [0.15, 0.2) is 49.3 Å². The van der Waals surface area contributed by atoms with Crippen LogP contribution >= 0.6 is 0 Å². The van der Waals surface area contributed by atoms with Crippen LogP contribution in [0.25, 0.3) is 16.5 Å². The van der Waals surface area contributed by atoms with Crippen LogP contribution in [0.4, 0.5) is 5.82 Å². The molecule has 0 amide bonds. The number of nitrogens with one attached hydrogen (secondary N) is 1. The van der Waals surface area contributed by atoms with Gasteiger partial charge in [0.2, 0.25) is 0 Å². The lowest BCUT2D eigenvalue weighted by molar-refractivity contribution is 0.435. The summed E-state index contributed by atoms with van der Waals surface area (Å²) in [5.74, 6) is 1.07. The van der Waals surface area contributed by atoms with E-state index in [0.29, 0.717) is 30.3 Å². The van der Waals surface area contributed by atoms with Gasteiger partial charge in [-0.25, -0.2) is 9.97 Å². The van der Waals surface area contributed by atoms with E-state index < -0.39 is 0 Å². The number of nitrogens with zero attached hydrogens (tertiary/aromatic N) is 2. The summed E-state index contributed by atoms with van der Waals surface area (Å²) in [6, 6.07) is 5.95. The highest BCUT2D eigenvalue weighted by atomic mass is 16.3. The van der Waals surface area contributed by atoms with Gasteiger partial charge in [0.25, 0.3) is 0 Å². The molecule has 0 saturated carbocycles. The summed E-state index contributed by atoms with van der Waals surface area (Å²) in [7, 11) is 0. The predicted octanol–water partition coefficient (Wildman–Crippen LogP) is 2.95. The van der Waals surface area contributed by atoms with Gasteiger partial charge in [-0.1, -0.05) is 25.3 Å². The largest absolute Gasteiger partial charge is 0.507 e. The molecule has 0 aliphatic carbocycles. The molecule has 1 aromatic carbocycles. The lowest BCUT2D eigenvalue weighted by Crippen LogP contribution is -2.15. The van der Waals surface area contributed by atoms with E-state index in [9.17, 15) is 5.11 Å². The molecule has 0 radical (unpaired) electrons. The fourth-order valence-electron chi connectivity index (χ4n) is 2.11. The summed E-state index contributed by atoms with van der Waals surface area (Å²) in [4.78, 5) is 9.02. The maximum atomic E-state index is 9.93. The van der Waals surface area contributed by atoms with Crippen molar-refractivity contribution in [3.63, 3.8) is 0 Å². The molecule has 0 unspecified atom stereocenters. The van der Waals surface area contributed by atoms with Gasteiger partial charge in [-0.3, -0.25) is 0 Å². The van der Waals surface area contributed by atoms with E-state index in [2.05, 4.69) is 28.4 Å². The first-order chi connectivity index (χ1) is 10.6. The number of aliphatic hydroxyl groups excluding tert-OH is 1. The second-order valence-electron chi connectivity index (χ2n) is 4.84. The van der Waals surface area contributed by atoms with Crippen molar-refractivity contribution in [1.82, 2.24) is 9.97 Å². The third-order valence-electron chi connectivity index (χ3n) is 3.20. The minimum Gasteiger partial charge on any atom is -0.507 e. The van der Waals surface area contributed by atoms with Crippen LogP contribution in [0, 0.1) is 6.92 Å². The van der Waals surface area contributed by atoms with Crippen LogP contribution in [0.1, 0.15) is 11.4 Å². The molecule has 0 fully saturated rings. The minimum absolute atomic E-state index is 0.00761. The summed E-state index contributed by atoms with van der Waals surface area (Å²) in [6.45, 7) is 10.4. The van der Waals surface area contributed by atoms with E-state index in [0.717, 1.165) is 16.5 Å². The van der Waals surface area contributed by atoms with E-state index in [4.69, 9.17) is 5.73 Å². The number of aliphatic hydroxyl groups is 1. The Labute approximate surface area is 129 Å². The first kappa shape index (κ1) is 15.7. The molecule has 5 nitrogen and oxygen atoms in total. The Bertz CT molecular complexity index is 750. The second kappa shape index (κ2) is 6.87. The van der Waals surface area contributed by atoms with E-state index in [1.165, 1.54) is 12.2 Å². The summed E-state index contributed by atoms with van der Waals surface area (Å²) in [5, 5.41) is 14.0. The molecule has 114 valence electrons. The summed E-state index contributed by atoms with van der Waals surface area (Å²) in [6.07, 6.45) is 2.86. The molecule has 0 spiro atoms. The number of aromatic nitrogens is 2. The summed E-state index contributed by atoms with van der Waals surface area (Å²) < 4.78 is 0. The molecule has 1 heterocycles. The van der Waals surface area contributed by atoms with Crippen LogP contribution in [-0.4, -0.2) is 28.2 Å². The van der Waals surface area contributed by atoms with Gasteiger partial charge in [0, 0.05) is 18.5 Å². The van der Waals surface area contributed by atoms with Crippen molar-refractivity contribution in [3.05, 3.63) is 60.7 Å². The van der Waals surface area contributed by atoms with Gasteiger partial charge in [0.05, 0.1) is 11.1 Å². The molecule has 2 rings (SSSR count). The molecular formula is C17H20N4O. The van der Waals surface area contributed by atoms with Gasteiger partial charge in [-0.15, -0.1) is 0 Å². The van der Waals surface area contributed by atoms with Crippen molar-refractivity contribution >= 4 is 22.3 Å². The summed E-state index contributed by atoms with van der Waals surface area (Å²) >= 11 is 0. The normalized spacial score (nSPS) is 11.9. The average Bonchev–Trinajstić information content (AvgIpc) is 2.52. The van der Waals surface area contributed by atoms with Gasteiger partial charge < -0.3 is 16.2 Å². The molecule has 0 aliphatic heterocycles. The number of hydrogen-bond donors (Lipinski definition) is 3. The number of anilines is 1. The summed E-state index contributed by atoms with van der Waals surface area (Å²) in [5.41, 5.74) is 7.88. The zero-order chi connectivity index (χ0) is 16.1. The van der Waals surface area contributed by atoms with Crippen molar-refractivity contribution < 1.29 is 5.11 Å². The highest BCUT2D eigenvalue weighted by molar-refractivity contribution is 5.91. The molecule has 0 bridgehead atoms. The quantitative estimate of drug-likeness (QED) is 0.564. The highest BCUT2D eigenvalue weighted by Crippen LogP contribution is 2.25. The monoisotopic (exact) mass is 296 g/mol. The number of benzene rings is 1. The Kier molecular flexibility index (Phi) is 4.91. The Hall–Kier alpha value is -2.66. The van der Waals surface area contributed by atoms with Gasteiger partial charge in [-0.05, 0) is 30.7 Å². The van der Waals surface area contributed by atoms with Crippen molar-refractivity contribution in [2.24, 2.45) is 5.73 Å². The van der Waals surface area contributed by atoms with Crippen LogP contribution in [-0.2, 0) is 0 Å². The molecule has 22 heavy (non-hydrogen) atoms. The van der Waals surface area contributed by atoms with Crippen molar-refractivity contribution in [3.8, 4) is 0 Å². The van der Waals surface area contributed by atoms with Crippen molar-refractivity contribution in [2.75, 3.05) is 18.4 Å². The zero-order valence-electron chi connectivity index (χ0n) is 12.6. The van der Waals surface area contributed by atoms with E-state index >= 15 is 0 Å². The highest BCUT2D eigenvalue weighted by Gasteiger charge is 2.12. The van der Waals surface area contributed by atoms with E-state index in [-0.39, 0.29) is 5.76 Å². The molecule has 0 saturated heterocycles. The van der Waals surface area contributed by atoms with Crippen molar-refractivity contribution in [1.29, 1.82) is 0 Å². The Morgan fingerprint density at radius 3 is 2.73 bits per heavy atom. The van der Waals surface area contributed by atoms with Gasteiger partial charge in [0.1, 0.15) is 11.6 Å². The fourth-order valence-corrected chi connectivity index (χ4v) is 2.11. The Morgan fingerprint density at radius 2 is 2.09 bits per heavy atom. The van der Waals surface area contributed by atoms with Crippen LogP contribution in [0.2, 0.25) is 0 Å². The number of hydrogen-bond acceptors (Lipinski definition) is 5. The Balaban J connectivity index is 2.70. The lowest BCUT2D eigenvalue weighted by Gasteiger charge is -2.11. The fraction of sp³-hybridized carbons (Fsp3) is 0.176. The number of allylic oxidation sites excluding steroid dienone is 3. The van der Waals surface area contributed by atoms with E-state index in [1.807, 2.05) is 25.1 Å². The molecular weight excluding hydrogens is 276 g/mol. The lowest BCUT2D eigenvalue weighted by atomic mass is 10.1. The topological polar surface area (TPSA) is 84.1 Å². The van der Waals surface area contributed by atoms with Gasteiger partial charge in [0.15, 0.2) is 5.82 Å². The third-order valence-corrected chi connectivity index (χ3v) is 3.20. The second-order valence-corrected chi connectivity index (χ2v) is 4.84. The van der Waals surface area contributed by atoms with Crippen LogP contribution in [0.5, 0.6) is 0 Å². The maximum Gasteiger partial charge on any atom is 0.165 e. The Morgan fingerprint density at radius 1 is 1.32 bits per heavy atom. The first-order valence-electron chi connectivity index (χ1n) is 7.01. The number of nitrogens with two attached hydrogens (primary N) is 1. The maximum absolute atomic E-state index is 9.93. The number of aryl methyl sites for hydroxylation is 1. The predicted molar refractivity (Wildman–Crippen MR) is 91.8 cm³/mol. The average molecular weight is 296 g/mol. The minimum atomic E-state index is -0.00761.